The summed E-state index contributed by atoms with van der Waals surface area (Å²) in [5.74, 6) is 0.596. The van der Waals surface area contributed by atoms with Crippen molar-refractivity contribution in [2.45, 2.75) is 26.4 Å². The first-order valence-corrected chi connectivity index (χ1v) is 10.0. The molecule has 0 radical (unpaired) electrons. The van der Waals surface area contributed by atoms with E-state index in [2.05, 4.69) is 15.4 Å². The minimum Gasteiger partial charge on any atom is -0.394 e. The molecule has 0 spiro atoms. The fraction of sp³-hybridized carbons (Fsp3) is 0.227. The van der Waals surface area contributed by atoms with Crippen molar-refractivity contribution in [3.05, 3.63) is 81.5 Å². The van der Waals surface area contributed by atoms with E-state index in [0.29, 0.717) is 22.8 Å². The van der Waals surface area contributed by atoms with Crippen molar-refractivity contribution in [1.29, 1.82) is 0 Å². The highest BCUT2D eigenvalue weighted by Gasteiger charge is 2.13. The third-order valence-electron chi connectivity index (χ3n) is 4.99. The van der Waals surface area contributed by atoms with Gasteiger partial charge in [0.1, 0.15) is 5.82 Å². The number of rotatable bonds is 6. The number of anilines is 1. The summed E-state index contributed by atoms with van der Waals surface area (Å²) in [6.45, 7) is 4.22. The number of nitrogens with zero attached hydrogens (tertiary/aromatic N) is 4. The van der Waals surface area contributed by atoms with E-state index in [1.165, 1.54) is 0 Å². The summed E-state index contributed by atoms with van der Waals surface area (Å²) in [5.41, 5.74) is 3.11. The highest BCUT2D eigenvalue weighted by Crippen LogP contribution is 2.20. The normalized spacial score (nSPS) is 12.3. The van der Waals surface area contributed by atoms with Crippen LogP contribution in [0.25, 0.3) is 16.6 Å². The lowest BCUT2D eigenvalue weighted by Gasteiger charge is -2.15. The van der Waals surface area contributed by atoms with Gasteiger partial charge in [-0.05, 0) is 37.1 Å². The molecule has 0 fully saturated rings. The number of aromatic nitrogens is 4. The fourth-order valence-electron chi connectivity index (χ4n) is 3.33. The van der Waals surface area contributed by atoms with Gasteiger partial charge >= 0.3 is 0 Å². The van der Waals surface area contributed by atoms with Crippen LogP contribution in [0.3, 0.4) is 0 Å². The lowest BCUT2D eigenvalue weighted by atomic mass is 10.2. The van der Waals surface area contributed by atoms with Crippen LogP contribution in [-0.2, 0) is 6.54 Å². The number of aliphatic hydroxyl groups is 1. The number of hydrogen-bond donors (Lipinski definition) is 2. The summed E-state index contributed by atoms with van der Waals surface area (Å²) in [6.07, 6.45) is 5.05. The van der Waals surface area contributed by atoms with Crippen molar-refractivity contribution in [3.8, 4) is 5.69 Å². The largest absolute Gasteiger partial charge is 0.394 e. The zero-order chi connectivity index (χ0) is 21.3. The van der Waals surface area contributed by atoms with E-state index in [4.69, 9.17) is 11.6 Å². The topological polar surface area (TPSA) is 85.0 Å². The Bertz CT molecular complexity index is 1260. The number of fused-ring (bicyclic) bond motifs is 1. The molecule has 2 N–H and O–H groups in total. The maximum absolute atomic E-state index is 13.2. The minimum atomic E-state index is -0.159. The van der Waals surface area contributed by atoms with Crippen LogP contribution in [0.1, 0.15) is 18.1 Å². The van der Waals surface area contributed by atoms with E-state index < -0.39 is 0 Å². The third kappa shape index (κ3) is 3.81. The van der Waals surface area contributed by atoms with E-state index in [1.54, 1.807) is 27.8 Å². The average Bonchev–Trinajstić information content (AvgIpc) is 3.15. The number of halogens is 1. The molecule has 1 atom stereocenters. The Morgan fingerprint density at radius 1 is 1.23 bits per heavy atom. The molecule has 0 aliphatic carbocycles. The van der Waals surface area contributed by atoms with Gasteiger partial charge < -0.3 is 10.4 Å². The van der Waals surface area contributed by atoms with Crippen LogP contribution in [0.2, 0.25) is 5.02 Å². The molecule has 0 aliphatic rings. The number of pyridine rings is 2. The van der Waals surface area contributed by atoms with Crippen molar-refractivity contribution in [3.63, 3.8) is 0 Å². The molecule has 0 aliphatic heterocycles. The second-order valence-corrected chi connectivity index (χ2v) is 7.67. The van der Waals surface area contributed by atoms with E-state index in [9.17, 15) is 9.90 Å². The zero-order valence-electron chi connectivity index (χ0n) is 16.7. The minimum absolute atomic E-state index is 0.0125. The molecule has 30 heavy (non-hydrogen) atoms. The van der Waals surface area contributed by atoms with Gasteiger partial charge in [0.15, 0.2) is 0 Å². The molecule has 0 saturated heterocycles. The van der Waals surface area contributed by atoms with Crippen LogP contribution in [0, 0.1) is 6.92 Å². The molecular weight excluding hydrogens is 402 g/mol. The molecule has 0 bridgehead atoms. The maximum atomic E-state index is 13.2. The first-order valence-electron chi connectivity index (χ1n) is 9.63. The third-order valence-corrected chi connectivity index (χ3v) is 5.36. The standard InChI is InChI=1S/C22H22ClN5O2/c1-14-10-24-21(26-15(2)13-29)9-20(14)27-8-7-19-17(22(27)30)11-25-28(19)12-16-5-3-4-6-18(16)23/h3-11,15,29H,12-13H2,1-2H3,(H,24,26)/t15-/m0/s1. The molecule has 0 amide bonds. The van der Waals surface area contributed by atoms with Crippen molar-refractivity contribution in [2.24, 2.45) is 0 Å². The zero-order valence-corrected chi connectivity index (χ0v) is 17.5. The lowest BCUT2D eigenvalue weighted by Crippen LogP contribution is -2.22. The average molecular weight is 424 g/mol. The molecule has 4 aromatic rings. The summed E-state index contributed by atoms with van der Waals surface area (Å²) >= 11 is 6.27. The molecule has 3 heterocycles. The van der Waals surface area contributed by atoms with Gasteiger partial charge in [-0.3, -0.25) is 14.0 Å². The Balaban J connectivity index is 1.74. The summed E-state index contributed by atoms with van der Waals surface area (Å²) in [5, 5.41) is 18.0. The van der Waals surface area contributed by atoms with E-state index >= 15 is 0 Å². The van der Waals surface area contributed by atoms with E-state index in [-0.39, 0.29) is 18.2 Å². The predicted molar refractivity (Wildman–Crippen MR) is 119 cm³/mol. The lowest BCUT2D eigenvalue weighted by molar-refractivity contribution is 0.281. The molecule has 3 aromatic heterocycles. The fourth-order valence-corrected chi connectivity index (χ4v) is 3.53. The van der Waals surface area contributed by atoms with Crippen LogP contribution in [-0.4, -0.2) is 37.1 Å². The Kier molecular flexibility index (Phi) is 5.57. The van der Waals surface area contributed by atoms with Crippen molar-refractivity contribution in [2.75, 3.05) is 11.9 Å². The number of nitrogens with one attached hydrogen (secondary N) is 1. The van der Waals surface area contributed by atoms with Crippen molar-refractivity contribution >= 4 is 28.3 Å². The van der Waals surface area contributed by atoms with Gasteiger partial charge in [0.25, 0.3) is 5.56 Å². The maximum Gasteiger partial charge on any atom is 0.266 e. The number of aliphatic hydroxyl groups excluding tert-OH is 1. The second kappa shape index (κ2) is 8.30. The summed E-state index contributed by atoms with van der Waals surface area (Å²) < 4.78 is 3.37. The molecule has 1 aromatic carbocycles. The van der Waals surface area contributed by atoms with Gasteiger partial charge in [-0.2, -0.15) is 5.10 Å². The van der Waals surface area contributed by atoms with E-state index in [1.807, 2.05) is 50.2 Å². The van der Waals surface area contributed by atoms with Crippen LogP contribution in [0.5, 0.6) is 0 Å². The van der Waals surface area contributed by atoms with Gasteiger partial charge in [-0.25, -0.2) is 4.98 Å². The van der Waals surface area contributed by atoms with Gasteiger partial charge in [0, 0.05) is 29.5 Å². The number of benzene rings is 1. The summed E-state index contributed by atoms with van der Waals surface area (Å²) in [6, 6.07) is 11.1. The van der Waals surface area contributed by atoms with Crippen LogP contribution >= 0.6 is 11.6 Å². The predicted octanol–water partition coefficient (Wildman–Crippen LogP) is 3.39. The van der Waals surface area contributed by atoms with Crippen molar-refractivity contribution in [1.82, 2.24) is 19.3 Å². The SMILES string of the molecule is Cc1cnc(N[C@@H](C)CO)cc1-n1ccc2c(cnn2Cc2ccccc2Cl)c1=O. The van der Waals surface area contributed by atoms with Crippen LogP contribution in [0.15, 0.2) is 59.8 Å². The Labute approximate surface area is 178 Å². The summed E-state index contributed by atoms with van der Waals surface area (Å²) in [7, 11) is 0. The first kappa shape index (κ1) is 20.1. The first-order chi connectivity index (χ1) is 14.5. The number of aryl methyl sites for hydroxylation is 1. The van der Waals surface area contributed by atoms with Crippen LogP contribution in [0.4, 0.5) is 5.82 Å². The molecule has 7 nitrogen and oxygen atoms in total. The van der Waals surface area contributed by atoms with Gasteiger partial charge in [0.2, 0.25) is 0 Å². The molecular formula is C22H22ClN5O2. The molecule has 0 saturated carbocycles. The van der Waals surface area contributed by atoms with Crippen LogP contribution < -0.4 is 10.9 Å². The number of hydrogen-bond acceptors (Lipinski definition) is 5. The summed E-state index contributed by atoms with van der Waals surface area (Å²) in [4.78, 5) is 17.5. The molecule has 154 valence electrons. The van der Waals surface area contributed by atoms with Gasteiger partial charge in [0.05, 0.1) is 35.9 Å². The van der Waals surface area contributed by atoms with E-state index in [0.717, 1.165) is 22.3 Å². The Hall–Kier alpha value is -3.16. The molecule has 8 heteroatoms. The van der Waals surface area contributed by atoms with Gasteiger partial charge in [-0.15, -0.1) is 0 Å². The smallest absolute Gasteiger partial charge is 0.266 e. The van der Waals surface area contributed by atoms with Gasteiger partial charge in [-0.1, -0.05) is 29.8 Å². The monoisotopic (exact) mass is 423 g/mol. The van der Waals surface area contributed by atoms with Crippen molar-refractivity contribution < 1.29 is 5.11 Å². The molecule has 0 unspecified atom stereocenters. The quantitative estimate of drug-likeness (QED) is 0.496. The molecule has 4 rings (SSSR count). The second-order valence-electron chi connectivity index (χ2n) is 7.27. The highest BCUT2D eigenvalue weighted by atomic mass is 35.5. The Morgan fingerprint density at radius 3 is 2.80 bits per heavy atom. The Morgan fingerprint density at radius 2 is 2.03 bits per heavy atom. The highest BCUT2D eigenvalue weighted by molar-refractivity contribution is 6.31.